The number of para-hydroxylation sites is 1. The second-order valence-corrected chi connectivity index (χ2v) is 8.65. The van der Waals surface area contributed by atoms with Crippen LogP contribution < -0.4 is 14.2 Å². The van der Waals surface area contributed by atoms with Crippen molar-refractivity contribution in [1.82, 2.24) is 0 Å². The third kappa shape index (κ3) is 5.16. The van der Waals surface area contributed by atoms with Gasteiger partial charge in [-0.15, -0.1) is 0 Å². The van der Waals surface area contributed by atoms with E-state index in [0.29, 0.717) is 12.5 Å². The molecule has 2 fully saturated rings. The molecular formula is C27H29NO4. The molecule has 32 heavy (non-hydrogen) atoms. The van der Waals surface area contributed by atoms with Gasteiger partial charge in [-0.25, -0.2) is 4.99 Å². The Morgan fingerprint density at radius 1 is 0.938 bits per heavy atom. The highest BCUT2D eigenvalue weighted by atomic mass is 16.5. The minimum Gasteiger partial charge on any atom is -0.493 e. The maximum atomic E-state index is 6.12. The van der Waals surface area contributed by atoms with Gasteiger partial charge in [0.05, 0.1) is 26.0 Å². The molecule has 3 aliphatic rings. The van der Waals surface area contributed by atoms with Gasteiger partial charge in [-0.3, -0.25) is 0 Å². The van der Waals surface area contributed by atoms with Crippen LogP contribution in [0.3, 0.4) is 0 Å². The topological polar surface area (TPSA) is 49.3 Å². The molecule has 2 aromatic rings. The number of nitrogens with zero attached hydrogens (tertiary/aromatic N) is 1. The summed E-state index contributed by atoms with van der Waals surface area (Å²) in [5.74, 6) is 3.85. The van der Waals surface area contributed by atoms with Gasteiger partial charge in [0.1, 0.15) is 12.4 Å². The predicted octanol–water partition coefficient (Wildman–Crippen LogP) is 5.76. The van der Waals surface area contributed by atoms with Crippen LogP contribution >= 0.6 is 0 Å². The Morgan fingerprint density at radius 2 is 1.69 bits per heavy atom. The molecule has 0 aromatic heterocycles. The maximum Gasteiger partial charge on any atom is 0.175 e. The van der Waals surface area contributed by atoms with E-state index in [2.05, 4.69) is 17.1 Å². The van der Waals surface area contributed by atoms with E-state index < -0.39 is 0 Å². The third-order valence-electron chi connectivity index (χ3n) is 6.00. The number of rotatable bonds is 10. The minimum absolute atomic E-state index is 0.481. The summed E-state index contributed by atoms with van der Waals surface area (Å²) in [6.07, 6.45) is 10.6. The van der Waals surface area contributed by atoms with Gasteiger partial charge in [0.25, 0.3) is 0 Å². The molecule has 5 nitrogen and oxygen atoms in total. The fraction of sp³-hybridized carbons (Fsp3) is 0.370. The SMILES string of the molecule is COc1cccc(/C=C/C2=C(c3ccc(OCC4CC4)cc3)COC=N2)c1OCC1CC1. The Bertz CT molecular complexity index is 1030. The van der Waals surface area contributed by atoms with Crippen LogP contribution in [0.2, 0.25) is 0 Å². The lowest BCUT2D eigenvalue weighted by molar-refractivity contribution is 0.280. The number of aliphatic imine (C=N–C) groups is 1. The molecule has 0 unspecified atom stereocenters. The molecular weight excluding hydrogens is 402 g/mol. The monoisotopic (exact) mass is 431 g/mol. The normalized spacial score (nSPS) is 18.0. The molecule has 0 saturated heterocycles. The second kappa shape index (κ2) is 9.51. The van der Waals surface area contributed by atoms with Crippen molar-refractivity contribution in [3.05, 3.63) is 65.4 Å². The summed E-state index contributed by atoms with van der Waals surface area (Å²) in [7, 11) is 1.67. The Kier molecular flexibility index (Phi) is 6.15. The number of methoxy groups -OCH3 is 1. The van der Waals surface area contributed by atoms with Crippen molar-refractivity contribution in [2.75, 3.05) is 26.9 Å². The summed E-state index contributed by atoms with van der Waals surface area (Å²) in [5.41, 5.74) is 3.97. The fourth-order valence-corrected chi connectivity index (χ4v) is 3.63. The molecule has 166 valence electrons. The summed E-state index contributed by atoms with van der Waals surface area (Å²) in [4.78, 5) is 4.49. The van der Waals surface area contributed by atoms with E-state index in [9.17, 15) is 0 Å². The van der Waals surface area contributed by atoms with Crippen LogP contribution in [0.15, 0.2) is 59.2 Å². The number of ether oxygens (including phenoxy) is 4. The molecule has 0 radical (unpaired) electrons. The lowest BCUT2D eigenvalue weighted by atomic mass is 10.0. The second-order valence-electron chi connectivity index (χ2n) is 8.65. The van der Waals surface area contributed by atoms with Gasteiger partial charge in [0.15, 0.2) is 17.9 Å². The van der Waals surface area contributed by atoms with E-state index in [1.54, 1.807) is 7.11 Å². The highest BCUT2D eigenvalue weighted by Crippen LogP contribution is 2.36. The molecule has 1 aliphatic heterocycles. The summed E-state index contributed by atoms with van der Waals surface area (Å²) >= 11 is 0. The molecule has 1 heterocycles. The zero-order valence-electron chi connectivity index (χ0n) is 18.5. The molecule has 0 bridgehead atoms. The van der Waals surface area contributed by atoms with E-state index >= 15 is 0 Å². The maximum absolute atomic E-state index is 6.12. The van der Waals surface area contributed by atoms with Gasteiger partial charge in [0, 0.05) is 11.1 Å². The standard InChI is InChI=1S/C27H29NO4/c1-29-26-4-2-3-22(27(26)32-16-20-7-8-20)11-14-25-24(17-30-18-28-25)21-9-12-23(13-10-21)31-15-19-5-6-19/h2-4,9-14,18-20H,5-8,15-17H2,1H3/b14-11+. The van der Waals surface area contributed by atoms with E-state index in [4.69, 9.17) is 18.9 Å². The molecule has 0 atom stereocenters. The number of hydrogen-bond acceptors (Lipinski definition) is 5. The quantitative estimate of drug-likeness (QED) is 0.480. The smallest absolute Gasteiger partial charge is 0.175 e. The van der Waals surface area contributed by atoms with Crippen LogP contribution in [-0.4, -0.2) is 33.3 Å². The summed E-state index contributed by atoms with van der Waals surface area (Å²) in [6, 6.07) is 14.1. The highest BCUT2D eigenvalue weighted by Gasteiger charge is 2.23. The lowest BCUT2D eigenvalue weighted by Crippen LogP contribution is -2.05. The summed E-state index contributed by atoms with van der Waals surface area (Å²) < 4.78 is 23.0. The van der Waals surface area contributed by atoms with Gasteiger partial charge >= 0.3 is 0 Å². The largest absolute Gasteiger partial charge is 0.493 e. The van der Waals surface area contributed by atoms with Crippen molar-refractivity contribution >= 4 is 18.0 Å². The van der Waals surface area contributed by atoms with Gasteiger partial charge in [-0.05, 0) is 73.4 Å². The first-order valence-corrected chi connectivity index (χ1v) is 11.4. The molecule has 2 saturated carbocycles. The van der Waals surface area contributed by atoms with Crippen molar-refractivity contribution in [3.8, 4) is 17.2 Å². The predicted molar refractivity (Wildman–Crippen MR) is 126 cm³/mol. The Hall–Kier alpha value is -3.21. The zero-order valence-corrected chi connectivity index (χ0v) is 18.5. The average molecular weight is 432 g/mol. The van der Waals surface area contributed by atoms with Crippen molar-refractivity contribution < 1.29 is 18.9 Å². The van der Waals surface area contributed by atoms with Gasteiger partial charge < -0.3 is 18.9 Å². The third-order valence-corrected chi connectivity index (χ3v) is 6.00. The van der Waals surface area contributed by atoms with E-state index in [1.165, 1.54) is 32.1 Å². The first-order valence-electron chi connectivity index (χ1n) is 11.4. The first kappa shape index (κ1) is 20.7. The van der Waals surface area contributed by atoms with Crippen molar-refractivity contribution in [1.29, 1.82) is 0 Å². The summed E-state index contributed by atoms with van der Waals surface area (Å²) in [5, 5.41) is 0. The van der Waals surface area contributed by atoms with Crippen LogP contribution in [0.1, 0.15) is 36.8 Å². The Morgan fingerprint density at radius 3 is 2.41 bits per heavy atom. The zero-order chi connectivity index (χ0) is 21.8. The van der Waals surface area contributed by atoms with Crippen molar-refractivity contribution in [3.63, 3.8) is 0 Å². The molecule has 2 aromatic carbocycles. The van der Waals surface area contributed by atoms with E-state index in [-0.39, 0.29) is 0 Å². The lowest BCUT2D eigenvalue weighted by Gasteiger charge is -2.15. The molecule has 0 N–H and O–H groups in total. The Labute approximate surface area is 189 Å². The van der Waals surface area contributed by atoms with E-state index in [0.717, 1.165) is 58.8 Å². The Balaban J connectivity index is 1.37. The van der Waals surface area contributed by atoms with E-state index in [1.807, 2.05) is 42.5 Å². The molecule has 2 aliphatic carbocycles. The van der Waals surface area contributed by atoms with Gasteiger partial charge in [0.2, 0.25) is 0 Å². The van der Waals surface area contributed by atoms with Crippen LogP contribution in [0.4, 0.5) is 0 Å². The van der Waals surface area contributed by atoms with Crippen LogP contribution in [0, 0.1) is 11.8 Å². The van der Waals surface area contributed by atoms with Crippen LogP contribution in [0.25, 0.3) is 11.6 Å². The van der Waals surface area contributed by atoms with Gasteiger partial charge in [-0.1, -0.05) is 24.3 Å². The number of allylic oxidation sites excluding steroid dienone is 1. The number of hydrogen-bond donors (Lipinski definition) is 0. The van der Waals surface area contributed by atoms with Crippen LogP contribution in [-0.2, 0) is 4.74 Å². The summed E-state index contributed by atoms with van der Waals surface area (Å²) in [6.45, 7) is 2.03. The molecule has 0 amide bonds. The number of benzene rings is 2. The average Bonchev–Trinajstić information content (AvgIpc) is 3.76. The van der Waals surface area contributed by atoms with Crippen LogP contribution in [0.5, 0.6) is 17.2 Å². The first-order chi connectivity index (χ1) is 15.8. The molecule has 5 heteroatoms. The minimum atomic E-state index is 0.481. The van der Waals surface area contributed by atoms with Crippen molar-refractivity contribution in [2.24, 2.45) is 16.8 Å². The van der Waals surface area contributed by atoms with Crippen molar-refractivity contribution in [2.45, 2.75) is 25.7 Å². The molecule has 0 spiro atoms. The highest BCUT2D eigenvalue weighted by molar-refractivity contribution is 5.78. The molecule has 5 rings (SSSR count). The van der Waals surface area contributed by atoms with Gasteiger partial charge in [-0.2, -0.15) is 0 Å². The fourth-order valence-electron chi connectivity index (χ4n) is 3.63.